The Labute approximate surface area is 90.2 Å². The quantitative estimate of drug-likeness (QED) is 0.596. The Hall–Kier alpha value is -1.64. The number of rotatable bonds is 3. The van der Waals surface area contributed by atoms with Crippen molar-refractivity contribution in [2.24, 2.45) is 11.0 Å². The Morgan fingerprint density at radius 3 is 2.40 bits per heavy atom. The molecule has 1 aromatic carbocycles. The van der Waals surface area contributed by atoms with Gasteiger partial charge in [0, 0.05) is 11.3 Å². The average Bonchev–Trinajstić information content (AvgIpc) is 2.26. The normalized spacial score (nSPS) is 11.6. The lowest BCUT2D eigenvalue weighted by Crippen LogP contribution is -2.20. The van der Waals surface area contributed by atoms with Gasteiger partial charge in [-0.3, -0.25) is 4.79 Å². The lowest BCUT2D eigenvalue weighted by atomic mass is 10.1. The van der Waals surface area contributed by atoms with Crippen LogP contribution < -0.4 is 5.43 Å². The van der Waals surface area contributed by atoms with Gasteiger partial charge in [-0.1, -0.05) is 32.0 Å². The summed E-state index contributed by atoms with van der Waals surface area (Å²) in [6.45, 7) is 5.97. The van der Waals surface area contributed by atoms with E-state index in [0.717, 1.165) is 5.71 Å². The molecule has 0 bridgehead atoms. The van der Waals surface area contributed by atoms with E-state index in [0.29, 0.717) is 11.5 Å². The predicted octanol–water partition coefficient (Wildman–Crippen LogP) is 2.45. The third-order valence-corrected chi connectivity index (χ3v) is 2.21. The van der Waals surface area contributed by atoms with Crippen molar-refractivity contribution >= 4 is 11.6 Å². The Morgan fingerprint density at radius 2 is 1.87 bits per heavy atom. The number of hydrazone groups is 1. The second-order valence-corrected chi connectivity index (χ2v) is 3.71. The van der Waals surface area contributed by atoms with E-state index in [-0.39, 0.29) is 5.91 Å². The van der Waals surface area contributed by atoms with Gasteiger partial charge in [-0.2, -0.15) is 5.10 Å². The van der Waals surface area contributed by atoms with Crippen LogP contribution in [0.3, 0.4) is 0 Å². The minimum Gasteiger partial charge on any atom is -0.267 e. The van der Waals surface area contributed by atoms with Gasteiger partial charge in [0.05, 0.1) is 0 Å². The monoisotopic (exact) mass is 204 g/mol. The SMILES string of the molecule is C/C(=N\NC(=O)c1ccccc1)C(C)C. The smallest absolute Gasteiger partial charge is 0.267 e. The average molecular weight is 204 g/mol. The highest BCUT2D eigenvalue weighted by Gasteiger charge is 2.03. The second-order valence-electron chi connectivity index (χ2n) is 3.71. The lowest BCUT2D eigenvalue weighted by Gasteiger charge is -2.04. The van der Waals surface area contributed by atoms with Crippen LogP contribution in [-0.2, 0) is 0 Å². The van der Waals surface area contributed by atoms with E-state index in [9.17, 15) is 4.79 Å². The number of carbonyl (C=O) groups excluding carboxylic acids is 1. The molecule has 0 aliphatic carbocycles. The lowest BCUT2D eigenvalue weighted by molar-refractivity contribution is 0.0954. The molecule has 0 saturated carbocycles. The van der Waals surface area contributed by atoms with Crippen LogP contribution in [0.4, 0.5) is 0 Å². The molecule has 0 radical (unpaired) electrons. The zero-order valence-corrected chi connectivity index (χ0v) is 9.32. The van der Waals surface area contributed by atoms with Crippen LogP contribution in [0.15, 0.2) is 35.4 Å². The van der Waals surface area contributed by atoms with Crippen molar-refractivity contribution in [2.45, 2.75) is 20.8 Å². The molecule has 0 aromatic heterocycles. The molecule has 0 saturated heterocycles. The summed E-state index contributed by atoms with van der Waals surface area (Å²) in [6.07, 6.45) is 0. The molecule has 0 heterocycles. The van der Waals surface area contributed by atoms with Gasteiger partial charge in [0.1, 0.15) is 0 Å². The summed E-state index contributed by atoms with van der Waals surface area (Å²) < 4.78 is 0. The van der Waals surface area contributed by atoms with Crippen molar-refractivity contribution in [3.8, 4) is 0 Å². The van der Waals surface area contributed by atoms with Crippen molar-refractivity contribution in [2.75, 3.05) is 0 Å². The summed E-state index contributed by atoms with van der Waals surface area (Å²) in [5, 5.41) is 4.02. The van der Waals surface area contributed by atoms with Crippen molar-refractivity contribution in [1.29, 1.82) is 0 Å². The van der Waals surface area contributed by atoms with Gasteiger partial charge in [-0.15, -0.1) is 0 Å². The second kappa shape index (κ2) is 5.29. The van der Waals surface area contributed by atoms with Crippen LogP contribution in [-0.4, -0.2) is 11.6 Å². The van der Waals surface area contributed by atoms with Crippen LogP contribution >= 0.6 is 0 Å². The van der Waals surface area contributed by atoms with Gasteiger partial charge in [0.2, 0.25) is 0 Å². The van der Waals surface area contributed by atoms with Gasteiger partial charge in [-0.25, -0.2) is 5.43 Å². The zero-order chi connectivity index (χ0) is 11.3. The highest BCUT2D eigenvalue weighted by molar-refractivity contribution is 5.95. The molecular weight excluding hydrogens is 188 g/mol. The van der Waals surface area contributed by atoms with Crippen molar-refractivity contribution in [3.63, 3.8) is 0 Å². The minimum absolute atomic E-state index is 0.171. The predicted molar refractivity (Wildman–Crippen MR) is 61.9 cm³/mol. The van der Waals surface area contributed by atoms with E-state index in [1.807, 2.05) is 39.0 Å². The van der Waals surface area contributed by atoms with Crippen LogP contribution in [0.2, 0.25) is 0 Å². The molecule has 80 valence electrons. The molecule has 0 spiro atoms. The molecule has 3 nitrogen and oxygen atoms in total. The number of nitrogens with one attached hydrogen (secondary N) is 1. The molecule has 1 amide bonds. The maximum absolute atomic E-state index is 11.6. The molecule has 1 rings (SSSR count). The summed E-state index contributed by atoms with van der Waals surface area (Å²) in [6, 6.07) is 9.05. The number of hydrogen-bond donors (Lipinski definition) is 1. The van der Waals surface area contributed by atoms with Crippen LogP contribution in [0.1, 0.15) is 31.1 Å². The first kappa shape index (κ1) is 11.4. The van der Waals surface area contributed by atoms with Gasteiger partial charge in [-0.05, 0) is 25.0 Å². The van der Waals surface area contributed by atoms with Crippen LogP contribution in [0.25, 0.3) is 0 Å². The fraction of sp³-hybridized carbons (Fsp3) is 0.333. The van der Waals surface area contributed by atoms with E-state index >= 15 is 0 Å². The molecule has 0 fully saturated rings. The Kier molecular flexibility index (Phi) is 4.03. The molecule has 1 N–H and O–H groups in total. The summed E-state index contributed by atoms with van der Waals surface area (Å²) in [7, 11) is 0. The van der Waals surface area contributed by atoms with Crippen LogP contribution in [0.5, 0.6) is 0 Å². The molecule has 0 aliphatic rings. The Bertz CT molecular complexity index is 355. The third-order valence-electron chi connectivity index (χ3n) is 2.21. The zero-order valence-electron chi connectivity index (χ0n) is 9.32. The standard InChI is InChI=1S/C12H16N2O/c1-9(2)10(3)13-14-12(15)11-7-5-4-6-8-11/h4-9H,1-3H3,(H,14,15)/b13-10+. The van der Waals surface area contributed by atoms with Gasteiger partial charge in [0.25, 0.3) is 5.91 Å². The number of amides is 1. The van der Waals surface area contributed by atoms with Crippen molar-refractivity contribution in [3.05, 3.63) is 35.9 Å². The summed E-state index contributed by atoms with van der Waals surface area (Å²) >= 11 is 0. The van der Waals surface area contributed by atoms with E-state index < -0.39 is 0 Å². The fourth-order valence-electron chi connectivity index (χ4n) is 0.922. The van der Waals surface area contributed by atoms with E-state index in [4.69, 9.17) is 0 Å². The fourth-order valence-corrected chi connectivity index (χ4v) is 0.922. The number of hydrogen-bond acceptors (Lipinski definition) is 2. The summed E-state index contributed by atoms with van der Waals surface area (Å²) in [5.74, 6) is 0.177. The molecule has 0 atom stereocenters. The summed E-state index contributed by atoms with van der Waals surface area (Å²) in [5.41, 5.74) is 4.07. The number of benzene rings is 1. The van der Waals surface area contributed by atoms with E-state index in [2.05, 4.69) is 10.5 Å². The molecule has 15 heavy (non-hydrogen) atoms. The molecular formula is C12H16N2O. The van der Waals surface area contributed by atoms with Crippen molar-refractivity contribution < 1.29 is 4.79 Å². The van der Waals surface area contributed by atoms with E-state index in [1.165, 1.54) is 0 Å². The number of carbonyl (C=O) groups is 1. The first-order chi connectivity index (χ1) is 7.11. The minimum atomic E-state index is -0.171. The van der Waals surface area contributed by atoms with Crippen LogP contribution in [0, 0.1) is 5.92 Å². The van der Waals surface area contributed by atoms with Gasteiger partial charge < -0.3 is 0 Å². The third kappa shape index (κ3) is 3.54. The molecule has 1 aromatic rings. The maximum atomic E-state index is 11.6. The topological polar surface area (TPSA) is 41.5 Å². The first-order valence-corrected chi connectivity index (χ1v) is 5.01. The highest BCUT2D eigenvalue weighted by Crippen LogP contribution is 1.99. The number of nitrogens with zero attached hydrogens (tertiary/aromatic N) is 1. The molecule has 3 heteroatoms. The first-order valence-electron chi connectivity index (χ1n) is 5.01. The Morgan fingerprint density at radius 1 is 1.27 bits per heavy atom. The van der Waals surface area contributed by atoms with E-state index in [1.54, 1.807) is 12.1 Å². The molecule has 0 unspecified atom stereocenters. The van der Waals surface area contributed by atoms with Gasteiger partial charge in [0.15, 0.2) is 0 Å². The molecule has 0 aliphatic heterocycles. The van der Waals surface area contributed by atoms with Gasteiger partial charge >= 0.3 is 0 Å². The maximum Gasteiger partial charge on any atom is 0.271 e. The Balaban J connectivity index is 2.62. The van der Waals surface area contributed by atoms with Crippen molar-refractivity contribution in [1.82, 2.24) is 5.43 Å². The summed E-state index contributed by atoms with van der Waals surface area (Å²) in [4.78, 5) is 11.6. The highest BCUT2D eigenvalue weighted by atomic mass is 16.2. The largest absolute Gasteiger partial charge is 0.271 e.